The number of hydrogen-bond donors (Lipinski definition) is 1. The average molecular weight is 328 g/mol. The van der Waals surface area contributed by atoms with E-state index in [2.05, 4.69) is 21.0 Å². The van der Waals surface area contributed by atoms with Gasteiger partial charge in [0.05, 0.1) is 11.4 Å². The lowest BCUT2D eigenvalue weighted by Crippen LogP contribution is -2.01. The summed E-state index contributed by atoms with van der Waals surface area (Å²) >= 11 is 3.44. The summed E-state index contributed by atoms with van der Waals surface area (Å²) in [5, 5.41) is 4.66. The number of nitrogens with zero attached hydrogens (tertiary/aromatic N) is 2. The number of anilines is 1. The Hall–Kier alpha value is -2.07. The first kappa shape index (κ1) is 12.9. The first-order valence-corrected chi connectivity index (χ1v) is 7.12. The largest absolute Gasteiger partial charge is 0.383 e. The van der Waals surface area contributed by atoms with E-state index in [-0.39, 0.29) is 0 Å². The second kappa shape index (κ2) is 5.13. The van der Waals surface area contributed by atoms with Crippen molar-refractivity contribution in [3.05, 3.63) is 64.6 Å². The normalized spacial score (nSPS) is 10.7. The summed E-state index contributed by atoms with van der Waals surface area (Å²) in [5.74, 6) is 0.675. The third-order valence-electron chi connectivity index (χ3n) is 3.29. The summed E-state index contributed by atoms with van der Waals surface area (Å²) in [5.41, 5.74) is 10.1. The molecular weight excluding hydrogens is 314 g/mol. The van der Waals surface area contributed by atoms with Crippen molar-refractivity contribution in [2.45, 2.75) is 6.92 Å². The highest BCUT2D eigenvalue weighted by atomic mass is 79.9. The Morgan fingerprint density at radius 3 is 2.30 bits per heavy atom. The Morgan fingerprint density at radius 1 is 1.00 bits per heavy atom. The van der Waals surface area contributed by atoms with Crippen LogP contribution in [0.4, 0.5) is 5.82 Å². The van der Waals surface area contributed by atoms with E-state index in [0.717, 1.165) is 27.0 Å². The van der Waals surface area contributed by atoms with Crippen LogP contribution in [0.5, 0.6) is 0 Å². The SMILES string of the molecule is Cc1c(-c2ccc(Br)cc2)nn(-c2ccccc2)c1N. The third-order valence-corrected chi connectivity index (χ3v) is 3.81. The monoisotopic (exact) mass is 327 g/mol. The van der Waals surface area contributed by atoms with Crippen LogP contribution < -0.4 is 5.73 Å². The fraction of sp³-hybridized carbons (Fsp3) is 0.0625. The Kier molecular flexibility index (Phi) is 3.32. The van der Waals surface area contributed by atoms with Crippen LogP contribution in [0.1, 0.15) is 5.56 Å². The Bertz CT molecular complexity index is 730. The molecular formula is C16H14BrN3. The van der Waals surface area contributed by atoms with Gasteiger partial charge in [0.1, 0.15) is 5.82 Å². The molecule has 1 heterocycles. The van der Waals surface area contributed by atoms with Crippen LogP contribution in [-0.2, 0) is 0 Å². The number of rotatable bonds is 2. The minimum Gasteiger partial charge on any atom is -0.383 e. The van der Waals surface area contributed by atoms with Gasteiger partial charge >= 0.3 is 0 Å². The van der Waals surface area contributed by atoms with Gasteiger partial charge in [-0.3, -0.25) is 0 Å². The van der Waals surface area contributed by atoms with Gasteiger partial charge in [0.25, 0.3) is 0 Å². The van der Waals surface area contributed by atoms with Crippen molar-refractivity contribution in [2.75, 3.05) is 5.73 Å². The molecule has 0 bridgehead atoms. The number of para-hydroxylation sites is 1. The van der Waals surface area contributed by atoms with Gasteiger partial charge in [-0.05, 0) is 31.2 Å². The standard InChI is InChI=1S/C16H14BrN3/c1-11-15(12-7-9-13(17)10-8-12)19-20(16(11)18)14-5-3-2-4-6-14/h2-10H,18H2,1H3. The van der Waals surface area contributed by atoms with Crippen LogP contribution in [0.3, 0.4) is 0 Å². The Labute approximate surface area is 126 Å². The summed E-state index contributed by atoms with van der Waals surface area (Å²) in [6.45, 7) is 2.00. The van der Waals surface area contributed by atoms with Crippen LogP contribution >= 0.6 is 15.9 Å². The van der Waals surface area contributed by atoms with E-state index >= 15 is 0 Å². The van der Waals surface area contributed by atoms with Gasteiger partial charge in [-0.2, -0.15) is 5.10 Å². The van der Waals surface area contributed by atoms with Gasteiger partial charge in [0, 0.05) is 15.6 Å². The fourth-order valence-corrected chi connectivity index (χ4v) is 2.42. The van der Waals surface area contributed by atoms with E-state index in [1.165, 1.54) is 0 Å². The Morgan fingerprint density at radius 2 is 1.65 bits per heavy atom. The zero-order valence-electron chi connectivity index (χ0n) is 11.0. The zero-order chi connectivity index (χ0) is 14.1. The minimum atomic E-state index is 0.675. The van der Waals surface area contributed by atoms with Crippen molar-refractivity contribution in [2.24, 2.45) is 0 Å². The molecule has 1 aromatic heterocycles. The molecule has 20 heavy (non-hydrogen) atoms. The lowest BCUT2D eigenvalue weighted by molar-refractivity contribution is 0.895. The smallest absolute Gasteiger partial charge is 0.130 e. The summed E-state index contributed by atoms with van der Waals surface area (Å²) in [4.78, 5) is 0. The van der Waals surface area contributed by atoms with Gasteiger partial charge in [0.15, 0.2) is 0 Å². The van der Waals surface area contributed by atoms with Crippen molar-refractivity contribution < 1.29 is 0 Å². The highest BCUT2D eigenvalue weighted by Crippen LogP contribution is 2.29. The molecule has 0 spiro atoms. The van der Waals surface area contributed by atoms with E-state index in [9.17, 15) is 0 Å². The van der Waals surface area contributed by atoms with E-state index < -0.39 is 0 Å². The second-order valence-corrected chi connectivity index (χ2v) is 5.53. The number of nitrogen functional groups attached to an aromatic ring is 1. The summed E-state index contributed by atoms with van der Waals surface area (Å²) < 4.78 is 2.83. The molecule has 4 heteroatoms. The number of nitrogens with two attached hydrogens (primary N) is 1. The highest BCUT2D eigenvalue weighted by molar-refractivity contribution is 9.10. The van der Waals surface area contributed by atoms with E-state index in [4.69, 9.17) is 5.73 Å². The predicted octanol–water partition coefficient (Wildman–Crippen LogP) is 4.19. The summed E-state index contributed by atoms with van der Waals surface area (Å²) in [6.07, 6.45) is 0. The molecule has 3 aromatic rings. The molecule has 0 radical (unpaired) electrons. The fourth-order valence-electron chi connectivity index (χ4n) is 2.16. The molecule has 0 aliphatic carbocycles. The van der Waals surface area contributed by atoms with Crippen LogP contribution in [0.25, 0.3) is 16.9 Å². The van der Waals surface area contributed by atoms with Crippen molar-refractivity contribution in [3.8, 4) is 16.9 Å². The molecule has 0 aliphatic rings. The molecule has 0 fully saturated rings. The van der Waals surface area contributed by atoms with E-state index in [0.29, 0.717) is 5.82 Å². The van der Waals surface area contributed by atoms with Crippen molar-refractivity contribution in [1.29, 1.82) is 0 Å². The van der Waals surface area contributed by atoms with Crippen LogP contribution in [0, 0.1) is 6.92 Å². The topological polar surface area (TPSA) is 43.8 Å². The maximum absolute atomic E-state index is 6.19. The number of aromatic nitrogens is 2. The summed E-state index contributed by atoms with van der Waals surface area (Å²) in [7, 11) is 0. The van der Waals surface area contributed by atoms with Gasteiger partial charge in [-0.15, -0.1) is 0 Å². The first-order valence-electron chi connectivity index (χ1n) is 6.33. The second-order valence-electron chi connectivity index (χ2n) is 4.61. The first-order chi connectivity index (χ1) is 9.66. The van der Waals surface area contributed by atoms with Crippen LogP contribution in [0.2, 0.25) is 0 Å². The molecule has 0 amide bonds. The van der Waals surface area contributed by atoms with Crippen molar-refractivity contribution in [1.82, 2.24) is 9.78 Å². The summed E-state index contributed by atoms with van der Waals surface area (Å²) in [6, 6.07) is 18.0. The number of benzene rings is 2. The number of halogens is 1. The van der Waals surface area contributed by atoms with Crippen LogP contribution in [-0.4, -0.2) is 9.78 Å². The Balaban J connectivity index is 2.13. The number of hydrogen-bond acceptors (Lipinski definition) is 2. The molecule has 100 valence electrons. The lowest BCUT2D eigenvalue weighted by atomic mass is 10.1. The predicted molar refractivity (Wildman–Crippen MR) is 85.8 cm³/mol. The lowest BCUT2D eigenvalue weighted by Gasteiger charge is -2.02. The van der Waals surface area contributed by atoms with Crippen molar-refractivity contribution in [3.63, 3.8) is 0 Å². The average Bonchev–Trinajstić information content (AvgIpc) is 2.77. The van der Waals surface area contributed by atoms with E-state index in [1.54, 1.807) is 4.68 Å². The van der Waals surface area contributed by atoms with Gasteiger partial charge in [0.2, 0.25) is 0 Å². The van der Waals surface area contributed by atoms with Crippen LogP contribution in [0.15, 0.2) is 59.1 Å². The quantitative estimate of drug-likeness (QED) is 0.766. The van der Waals surface area contributed by atoms with Gasteiger partial charge in [-0.1, -0.05) is 46.3 Å². The molecule has 2 N–H and O–H groups in total. The molecule has 0 saturated heterocycles. The molecule has 0 unspecified atom stereocenters. The van der Waals surface area contributed by atoms with E-state index in [1.807, 2.05) is 61.5 Å². The molecule has 0 aliphatic heterocycles. The minimum absolute atomic E-state index is 0.675. The van der Waals surface area contributed by atoms with Crippen molar-refractivity contribution >= 4 is 21.7 Å². The molecule has 3 rings (SSSR count). The maximum Gasteiger partial charge on any atom is 0.130 e. The molecule has 0 saturated carbocycles. The molecule has 0 atom stereocenters. The molecule has 2 aromatic carbocycles. The zero-order valence-corrected chi connectivity index (χ0v) is 12.6. The third kappa shape index (κ3) is 2.23. The molecule has 3 nitrogen and oxygen atoms in total. The highest BCUT2D eigenvalue weighted by Gasteiger charge is 2.14. The maximum atomic E-state index is 6.19. The van der Waals surface area contributed by atoms with Gasteiger partial charge < -0.3 is 5.73 Å². The van der Waals surface area contributed by atoms with Gasteiger partial charge in [-0.25, -0.2) is 4.68 Å².